The van der Waals surface area contributed by atoms with Crippen LogP contribution in [0.25, 0.3) is 0 Å². The zero-order valence-electron chi connectivity index (χ0n) is 11.0. The monoisotopic (exact) mass is 262 g/mol. The summed E-state index contributed by atoms with van der Waals surface area (Å²) in [6.07, 6.45) is 6.73. The maximum absolute atomic E-state index is 5.33. The summed E-state index contributed by atoms with van der Waals surface area (Å²) < 4.78 is 0. The van der Waals surface area contributed by atoms with E-state index in [1.165, 1.54) is 32.1 Å². The molecule has 1 saturated carbocycles. The minimum absolute atomic E-state index is 0.417. The van der Waals surface area contributed by atoms with Crippen molar-refractivity contribution in [3.05, 3.63) is 30.3 Å². The summed E-state index contributed by atoms with van der Waals surface area (Å²) in [7, 11) is 0. The lowest BCUT2D eigenvalue weighted by Gasteiger charge is -2.34. The number of nitrogens with one attached hydrogen (secondary N) is 2. The zero-order valence-corrected chi connectivity index (χ0v) is 11.9. The number of thiocarbonyl (C=S) groups is 1. The first kappa shape index (κ1) is 13.3. The van der Waals surface area contributed by atoms with Gasteiger partial charge in [-0.25, -0.2) is 0 Å². The molecule has 18 heavy (non-hydrogen) atoms. The van der Waals surface area contributed by atoms with Crippen LogP contribution >= 0.6 is 12.2 Å². The highest BCUT2D eigenvalue weighted by Crippen LogP contribution is 2.34. The van der Waals surface area contributed by atoms with E-state index < -0.39 is 0 Å². The number of para-hydroxylation sites is 1. The second kappa shape index (κ2) is 6.19. The van der Waals surface area contributed by atoms with Gasteiger partial charge in [-0.1, -0.05) is 44.4 Å². The van der Waals surface area contributed by atoms with Gasteiger partial charge in [0, 0.05) is 12.2 Å². The normalized spacial score (nSPS) is 18.1. The Bertz CT molecular complexity index is 383. The Kier molecular flexibility index (Phi) is 4.59. The molecule has 1 aliphatic carbocycles. The lowest BCUT2D eigenvalue weighted by Crippen LogP contribution is -2.38. The predicted molar refractivity (Wildman–Crippen MR) is 81.9 cm³/mol. The molecule has 0 bridgehead atoms. The van der Waals surface area contributed by atoms with Crippen molar-refractivity contribution in [2.45, 2.75) is 39.0 Å². The van der Waals surface area contributed by atoms with E-state index >= 15 is 0 Å². The molecule has 0 unspecified atom stereocenters. The summed E-state index contributed by atoms with van der Waals surface area (Å²) in [5.74, 6) is 0. The molecule has 1 aromatic carbocycles. The smallest absolute Gasteiger partial charge is 0.170 e. The summed E-state index contributed by atoms with van der Waals surface area (Å²) in [6.45, 7) is 3.34. The second-order valence-electron chi connectivity index (χ2n) is 5.55. The predicted octanol–water partition coefficient (Wildman–Crippen LogP) is 3.94. The standard InChI is InChI=1S/C15H22N2S/c1-15(10-6-3-7-11-15)12-16-14(18)17-13-8-4-2-5-9-13/h2,4-5,8-9H,3,6-7,10-12H2,1H3,(H2,16,17,18). The number of rotatable bonds is 3. The average molecular weight is 262 g/mol. The molecule has 3 heteroatoms. The Morgan fingerprint density at radius 1 is 1.17 bits per heavy atom. The zero-order chi connectivity index (χ0) is 12.8. The molecule has 0 aliphatic heterocycles. The van der Waals surface area contributed by atoms with Gasteiger partial charge >= 0.3 is 0 Å². The van der Waals surface area contributed by atoms with Gasteiger partial charge in [-0.3, -0.25) is 0 Å². The third kappa shape index (κ3) is 3.98. The minimum Gasteiger partial charge on any atom is -0.362 e. The Morgan fingerprint density at radius 3 is 2.50 bits per heavy atom. The summed E-state index contributed by atoms with van der Waals surface area (Å²) in [5, 5.41) is 7.31. The molecule has 98 valence electrons. The van der Waals surface area contributed by atoms with E-state index in [1.807, 2.05) is 30.3 Å². The van der Waals surface area contributed by atoms with Gasteiger partial charge in [0.25, 0.3) is 0 Å². The van der Waals surface area contributed by atoms with Crippen LogP contribution in [0.3, 0.4) is 0 Å². The highest BCUT2D eigenvalue weighted by Gasteiger charge is 2.26. The third-order valence-electron chi connectivity index (χ3n) is 3.77. The minimum atomic E-state index is 0.417. The Labute approximate surface area is 115 Å². The fraction of sp³-hybridized carbons (Fsp3) is 0.533. The molecule has 0 aromatic heterocycles. The summed E-state index contributed by atoms with van der Waals surface area (Å²) in [5.41, 5.74) is 1.46. The first-order valence-corrected chi connectivity index (χ1v) is 7.19. The Morgan fingerprint density at radius 2 is 1.83 bits per heavy atom. The molecule has 0 spiro atoms. The summed E-state index contributed by atoms with van der Waals surface area (Å²) in [4.78, 5) is 0. The second-order valence-corrected chi connectivity index (χ2v) is 5.95. The third-order valence-corrected chi connectivity index (χ3v) is 4.01. The van der Waals surface area contributed by atoms with Crippen LogP contribution in [0.5, 0.6) is 0 Å². The molecule has 1 fully saturated rings. The van der Waals surface area contributed by atoms with Crippen LogP contribution in [0.1, 0.15) is 39.0 Å². The number of benzene rings is 1. The molecule has 0 amide bonds. The first-order valence-electron chi connectivity index (χ1n) is 6.78. The van der Waals surface area contributed by atoms with Crippen molar-refractivity contribution in [3.8, 4) is 0 Å². The molecular weight excluding hydrogens is 240 g/mol. The van der Waals surface area contributed by atoms with Gasteiger partial charge in [-0.2, -0.15) is 0 Å². The largest absolute Gasteiger partial charge is 0.362 e. The maximum atomic E-state index is 5.33. The van der Waals surface area contributed by atoms with Gasteiger partial charge in [0.15, 0.2) is 5.11 Å². The van der Waals surface area contributed by atoms with E-state index in [0.29, 0.717) is 5.41 Å². The molecular formula is C15H22N2S. The highest BCUT2D eigenvalue weighted by atomic mass is 32.1. The van der Waals surface area contributed by atoms with Crippen LogP contribution in [-0.4, -0.2) is 11.7 Å². The van der Waals surface area contributed by atoms with E-state index in [4.69, 9.17) is 12.2 Å². The van der Waals surface area contributed by atoms with Crippen molar-refractivity contribution in [2.75, 3.05) is 11.9 Å². The van der Waals surface area contributed by atoms with Gasteiger partial charge in [0.1, 0.15) is 0 Å². The lowest BCUT2D eigenvalue weighted by atomic mass is 9.76. The molecule has 0 atom stereocenters. The molecule has 2 N–H and O–H groups in total. The number of anilines is 1. The topological polar surface area (TPSA) is 24.1 Å². The summed E-state index contributed by atoms with van der Waals surface area (Å²) >= 11 is 5.33. The van der Waals surface area contributed by atoms with Crippen molar-refractivity contribution >= 4 is 23.0 Å². The molecule has 0 radical (unpaired) electrons. The van der Waals surface area contributed by atoms with Crippen molar-refractivity contribution in [1.29, 1.82) is 0 Å². The number of hydrogen-bond acceptors (Lipinski definition) is 1. The molecule has 2 rings (SSSR count). The van der Waals surface area contributed by atoms with Crippen molar-refractivity contribution in [2.24, 2.45) is 5.41 Å². The molecule has 0 heterocycles. The van der Waals surface area contributed by atoms with Gasteiger partial charge < -0.3 is 10.6 Å². The summed E-state index contributed by atoms with van der Waals surface area (Å²) in [6, 6.07) is 10.1. The van der Waals surface area contributed by atoms with Gasteiger partial charge in [-0.15, -0.1) is 0 Å². The van der Waals surface area contributed by atoms with Crippen LogP contribution in [0, 0.1) is 5.41 Å². The van der Waals surface area contributed by atoms with Crippen molar-refractivity contribution in [3.63, 3.8) is 0 Å². The SMILES string of the molecule is CC1(CNC(=S)Nc2ccccc2)CCCCC1. The quantitative estimate of drug-likeness (QED) is 0.807. The molecule has 0 saturated heterocycles. The van der Waals surface area contributed by atoms with Crippen LogP contribution in [0.2, 0.25) is 0 Å². The van der Waals surface area contributed by atoms with Crippen LogP contribution in [0.4, 0.5) is 5.69 Å². The fourth-order valence-corrected chi connectivity index (χ4v) is 2.76. The van der Waals surface area contributed by atoms with Crippen molar-refractivity contribution in [1.82, 2.24) is 5.32 Å². The van der Waals surface area contributed by atoms with Gasteiger partial charge in [0.05, 0.1) is 0 Å². The van der Waals surface area contributed by atoms with E-state index in [-0.39, 0.29) is 0 Å². The molecule has 2 nitrogen and oxygen atoms in total. The highest BCUT2D eigenvalue weighted by molar-refractivity contribution is 7.80. The van der Waals surface area contributed by atoms with Crippen molar-refractivity contribution < 1.29 is 0 Å². The maximum Gasteiger partial charge on any atom is 0.170 e. The Balaban J connectivity index is 1.78. The first-order chi connectivity index (χ1) is 8.68. The molecule has 1 aromatic rings. The van der Waals surface area contributed by atoms with E-state index in [9.17, 15) is 0 Å². The fourth-order valence-electron chi connectivity index (χ4n) is 2.57. The van der Waals surface area contributed by atoms with Gasteiger partial charge in [0.2, 0.25) is 0 Å². The molecule has 1 aliphatic rings. The van der Waals surface area contributed by atoms with E-state index in [2.05, 4.69) is 17.6 Å². The van der Waals surface area contributed by atoms with E-state index in [0.717, 1.165) is 17.3 Å². The van der Waals surface area contributed by atoms with Gasteiger partial charge in [-0.05, 0) is 42.6 Å². The Hall–Kier alpha value is -1.09. The number of hydrogen-bond donors (Lipinski definition) is 2. The lowest BCUT2D eigenvalue weighted by molar-refractivity contribution is 0.218. The average Bonchev–Trinajstić information content (AvgIpc) is 2.39. The van der Waals surface area contributed by atoms with Crippen LogP contribution in [-0.2, 0) is 0 Å². The van der Waals surface area contributed by atoms with E-state index in [1.54, 1.807) is 0 Å². The van der Waals surface area contributed by atoms with Crippen LogP contribution in [0.15, 0.2) is 30.3 Å². The van der Waals surface area contributed by atoms with Crippen LogP contribution < -0.4 is 10.6 Å².